The minimum absolute atomic E-state index is 0.0953. The Kier molecular flexibility index (Phi) is 5.76. The second-order valence-corrected chi connectivity index (χ2v) is 8.34. The molecule has 0 bridgehead atoms. The van der Waals surface area contributed by atoms with Crippen molar-refractivity contribution in [3.63, 3.8) is 0 Å². The number of anilines is 1. The van der Waals surface area contributed by atoms with Crippen molar-refractivity contribution in [2.75, 3.05) is 11.9 Å². The first-order chi connectivity index (χ1) is 14.4. The number of aromatic nitrogens is 1. The fourth-order valence-corrected chi connectivity index (χ4v) is 4.77. The van der Waals surface area contributed by atoms with E-state index in [2.05, 4.69) is 10.3 Å². The van der Waals surface area contributed by atoms with Crippen LogP contribution < -0.4 is 5.32 Å². The number of amides is 1. The Morgan fingerprint density at radius 2 is 1.83 bits per heavy atom. The van der Waals surface area contributed by atoms with Crippen LogP contribution in [0.2, 0.25) is 5.02 Å². The van der Waals surface area contributed by atoms with Gasteiger partial charge in [-0.15, -0.1) is 22.7 Å². The van der Waals surface area contributed by atoms with Crippen LogP contribution in [-0.2, 0) is 9.53 Å². The van der Waals surface area contributed by atoms with Crippen LogP contribution in [0.15, 0.2) is 47.8 Å². The summed E-state index contributed by atoms with van der Waals surface area (Å²) < 4.78 is 31.9. The number of fused-ring (bicyclic) bond motifs is 1. The van der Waals surface area contributed by atoms with Gasteiger partial charge in [-0.3, -0.25) is 10.1 Å². The highest BCUT2D eigenvalue weighted by Gasteiger charge is 2.20. The van der Waals surface area contributed by atoms with Gasteiger partial charge >= 0.3 is 5.97 Å². The summed E-state index contributed by atoms with van der Waals surface area (Å²) in [6.45, 7) is -0.538. The van der Waals surface area contributed by atoms with E-state index in [1.165, 1.54) is 41.7 Å². The second-order valence-electron chi connectivity index (χ2n) is 6.05. The van der Waals surface area contributed by atoms with E-state index in [9.17, 15) is 18.4 Å². The van der Waals surface area contributed by atoms with Crippen molar-refractivity contribution < 1.29 is 23.1 Å². The number of carbonyl (C=O) groups is 2. The van der Waals surface area contributed by atoms with Gasteiger partial charge in [-0.1, -0.05) is 11.6 Å². The predicted octanol–water partition coefficient (Wildman–Crippen LogP) is 5.75. The molecule has 0 saturated carbocycles. The van der Waals surface area contributed by atoms with Crippen LogP contribution in [0.3, 0.4) is 0 Å². The van der Waals surface area contributed by atoms with Crippen molar-refractivity contribution in [3.8, 4) is 11.3 Å². The number of carbonyl (C=O) groups excluding carboxylic acids is 2. The number of nitrogens with zero attached hydrogens (tertiary/aromatic N) is 1. The van der Waals surface area contributed by atoms with Crippen LogP contribution >= 0.6 is 34.3 Å². The smallest absolute Gasteiger partial charge is 0.350 e. The summed E-state index contributed by atoms with van der Waals surface area (Å²) in [5.41, 5.74) is 1.28. The third-order valence-corrected chi connectivity index (χ3v) is 6.40. The number of hydrogen-bond acceptors (Lipinski definition) is 6. The molecule has 4 aromatic rings. The van der Waals surface area contributed by atoms with E-state index in [-0.39, 0.29) is 15.7 Å². The number of rotatable bonds is 5. The molecule has 0 aliphatic heterocycles. The fraction of sp³-hybridized carbons (Fsp3) is 0.0500. The molecule has 30 heavy (non-hydrogen) atoms. The van der Waals surface area contributed by atoms with E-state index in [1.54, 1.807) is 17.5 Å². The maximum Gasteiger partial charge on any atom is 0.350 e. The summed E-state index contributed by atoms with van der Waals surface area (Å²) >= 11 is 8.35. The minimum atomic E-state index is -0.775. The molecule has 1 amide bonds. The molecule has 1 N–H and O–H groups in total. The maximum absolute atomic E-state index is 13.3. The standard InChI is InChI=1S/C20H11ClF2N2O3S2/c21-17-13-6-5-12(23)7-15(13)30-18(17)19(27)28-8-16(26)25-20-24-14(9-29-20)10-1-3-11(22)4-2-10/h1-7,9H,8H2,(H,24,25,26). The Morgan fingerprint density at radius 1 is 1.10 bits per heavy atom. The minimum Gasteiger partial charge on any atom is -0.451 e. The van der Waals surface area contributed by atoms with Gasteiger partial charge in [0.25, 0.3) is 5.91 Å². The molecule has 0 spiro atoms. The van der Waals surface area contributed by atoms with Crippen molar-refractivity contribution in [1.29, 1.82) is 0 Å². The molecular formula is C20H11ClF2N2O3S2. The van der Waals surface area contributed by atoms with Crippen molar-refractivity contribution in [2.45, 2.75) is 0 Å². The van der Waals surface area contributed by atoms with Crippen molar-refractivity contribution in [3.05, 3.63) is 69.4 Å². The molecule has 5 nitrogen and oxygen atoms in total. The topological polar surface area (TPSA) is 68.3 Å². The Bertz CT molecular complexity index is 1250. The molecule has 0 unspecified atom stereocenters. The number of halogens is 3. The SMILES string of the molecule is O=C(COC(=O)c1sc2cc(F)ccc2c1Cl)Nc1nc(-c2ccc(F)cc2)cs1. The third-order valence-electron chi connectivity index (χ3n) is 4.00. The van der Waals surface area contributed by atoms with Gasteiger partial charge in [-0.05, 0) is 42.5 Å². The maximum atomic E-state index is 13.3. The lowest BCUT2D eigenvalue weighted by Crippen LogP contribution is -2.20. The van der Waals surface area contributed by atoms with Crippen LogP contribution in [0.25, 0.3) is 21.3 Å². The zero-order valence-corrected chi connectivity index (χ0v) is 17.3. The number of hydrogen-bond donors (Lipinski definition) is 1. The van der Waals surface area contributed by atoms with E-state index in [0.717, 1.165) is 11.3 Å². The quantitative estimate of drug-likeness (QED) is 0.382. The molecule has 2 heterocycles. The summed E-state index contributed by atoms with van der Waals surface area (Å²) in [6.07, 6.45) is 0. The Morgan fingerprint density at radius 3 is 2.60 bits per heavy atom. The van der Waals surface area contributed by atoms with Crippen LogP contribution in [0.1, 0.15) is 9.67 Å². The predicted molar refractivity (Wildman–Crippen MR) is 113 cm³/mol. The highest BCUT2D eigenvalue weighted by atomic mass is 35.5. The van der Waals surface area contributed by atoms with E-state index in [1.807, 2.05) is 0 Å². The average molecular weight is 465 g/mol. The number of thiophene rings is 1. The normalized spacial score (nSPS) is 10.9. The van der Waals surface area contributed by atoms with E-state index >= 15 is 0 Å². The molecule has 152 valence electrons. The monoisotopic (exact) mass is 464 g/mol. The largest absolute Gasteiger partial charge is 0.451 e. The molecule has 0 aliphatic carbocycles. The highest BCUT2D eigenvalue weighted by molar-refractivity contribution is 7.21. The number of ether oxygens (including phenoxy) is 1. The Labute approximate surface area is 181 Å². The molecule has 0 aliphatic rings. The lowest BCUT2D eigenvalue weighted by Gasteiger charge is -2.03. The Hall–Kier alpha value is -2.88. The molecular weight excluding hydrogens is 454 g/mol. The summed E-state index contributed by atoms with van der Waals surface area (Å²) in [5, 5.41) is 5.26. The molecule has 4 rings (SSSR count). The zero-order valence-electron chi connectivity index (χ0n) is 14.9. The third kappa shape index (κ3) is 4.33. The van der Waals surface area contributed by atoms with Crippen molar-refractivity contribution in [2.24, 2.45) is 0 Å². The molecule has 0 radical (unpaired) electrons. The van der Waals surface area contributed by atoms with Gasteiger partial charge in [-0.2, -0.15) is 0 Å². The number of nitrogens with one attached hydrogen (secondary N) is 1. The summed E-state index contributed by atoms with van der Waals surface area (Å²) in [7, 11) is 0. The zero-order chi connectivity index (χ0) is 21.3. The first kappa shape index (κ1) is 20.4. The van der Waals surface area contributed by atoms with Gasteiger partial charge in [0, 0.05) is 21.0 Å². The second kappa shape index (κ2) is 8.47. The van der Waals surface area contributed by atoms with E-state index in [0.29, 0.717) is 26.5 Å². The summed E-state index contributed by atoms with van der Waals surface area (Å²) in [4.78, 5) is 28.7. The fourth-order valence-electron chi connectivity index (χ4n) is 2.61. The number of benzene rings is 2. The Balaban J connectivity index is 1.38. The van der Waals surface area contributed by atoms with Crippen LogP contribution in [0, 0.1) is 11.6 Å². The summed E-state index contributed by atoms with van der Waals surface area (Å²) in [5.74, 6) is -2.15. The van der Waals surface area contributed by atoms with Gasteiger partial charge in [0.15, 0.2) is 11.7 Å². The van der Waals surface area contributed by atoms with Gasteiger partial charge in [0.05, 0.1) is 10.7 Å². The van der Waals surface area contributed by atoms with Crippen LogP contribution in [0.5, 0.6) is 0 Å². The van der Waals surface area contributed by atoms with E-state index in [4.69, 9.17) is 16.3 Å². The van der Waals surface area contributed by atoms with Crippen molar-refractivity contribution in [1.82, 2.24) is 4.98 Å². The van der Waals surface area contributed by atoms with Gasteiger partial charge in [0.1, 0.15) is 16.5 Å². The number of esters is 1. The van der Waals surface area contributed by atoms with Gasteiger partial charge in [-0.25, -0.2) is 18.6 Å². The average Bonchev–Trinajstić information content (AvgIpc) is 3.31. The first-order valence-corrected chi connectivity index (χ1v) is 10.5. The molecule has 0 atom stereocenters. The molecule has 2 aromatic carbocycles. The van der Waals surface area contributed by atoms with Crippen molar-refractivity contribution >= 4 is 61.4 Å². The molecule has 2 aromatic heterocycles. The number of thiazole rings is 1. The first-order valence-electron chi connectivity index (χ1n) is 8.46. The lowest BCUT2D eigenvalue weighted by molar-refractivity contribution is -0.119. The van der Waals surface area contributed by atoms with Gasteiger partial charge < -0.3 is 4.74 Å². The van der Waals surface area contributed by atoms with Crippen LogP contribution in [-0.4, -0.2) is 23.5 Å². The molecule has 0 saturated heterocycles. The molecule has 10 heteroatoms. The van der Waals surface area contributed by atoms with Crippen LogP contribution in [0.4, 0.5) is 13.9 Å². The molecule has 0 fully saturated rings. The highest BCUT2D eigenvalue weighted by Crippen LogP contribution is 2.36. The van der Waals surface area contributed by atoms with Gasteiger partial charge in [0.2, 0.25) is 0 Å². The lowest BCUT2D eigenvalue weighted by atomic mass is 10.2. The summed E-state index contributed by atoms with van der Waals surface area (Å²) in [6, 6.07) is 9.80. The van der Waals surface area contributed by atoms with E-state index < -0.39 is 24.3 Å².